The molecule has 28 heavy (non-hydrogen) atoms. The third kappa shape index (κ3) is 3.10. The van der Waals surface area contributed by atoms with Crippen LogP contribution in [0, 0.1) is 4.91 Å². The van der Waals surface area contributed by atoms with Crippen LogP contribution in [-0.2, 0) is 11.3 Å². The van der Waals surface area contributed by atoms with E-state index in [0.717, 1.165) is 10.6 Å². The molecule has 3 N–H and O–H groups in total. The molecule has 3 aromatic rings. The molecule has 0 aliphatic carbocycles. The summed E-state index contributed by atoms with van der Waals surface area (Å²) in [6.07, 6.45) is -1.83. The number of fused-ring (bicyclic) bond motifs is 1. The lowest BCUT2D eigenvalue weighted by Crippen LogP contribution is -2.33. The topological polar surface area (TPSA) is 146 Å². The molecular weight excluding hydrogens is 368 g/mol. The van der Waals surface area contributed by atoms with Crippen molar-refractivity contribution in [2.45, 2.75) is 31.1 Å². The van der Waals surface area contributed by atoms with Crippen molar-refractivity contribution < 1.29 is 20.1 Å². The number of aliphatic hydroxyl groups excluding tert-OH is 3. The molecule has 0 bridgehead atoms. The summed E-state index contributed by atoms with van der Waals surface area (Å²) in [7, 11) is 0. The zero-order chi connectivity index (χ0) is 19.7. The summed E-state index contributed by atoms with van der Waals surface area (Å²) in [4.78, 5) is 24.0. The highest BCUT2D eigenvalue weighted by Crippen LogP contribution is 2.32. The lowest BCUT2D eigenvalue weighted by atomic mass is 10.1. The number of aliphatic hydroxyl groups is 3. The summed E-state index contributed by atoms with van der Waals surface area (Å²) >= 11 is 0. The SMILES string of the molecule is O=NN(Cc1ccccc1)c1ncnc2c1ncn2C1OC(CO)C(O)C1O. The molecule has 1 fully saturated rings. The molecule has 11 nitrogen and oxygen atoms in total. The van der Waals surface area contributed by atoms with Gasteiger partial charge in [-0.15, -0.1) is 4.91 Å². The fourth-order valence-electron chi connectivity index (χ4n) is 3.22. The number of nitroso groups, excluding NO2 is 1. The number of hydrogen-bond donors (Lipinski definition) is 3. The zero-order valence-corrected chi connectivity index (χ0v) is 14.6. The standard InChI is InChI=1S/C17H18N6O5/c24-7-11-13(25)14(26)17(28-11)22-9-20-12-15(22)18-8-19-16(12)23(21-27)6-10-4-2-1-3-5-10/h1-5,8-9,11,13-14,17,24-26H,6-7H2. The van der Waals surface area contributed by atoms with E-state index in [9.17, 15) is 20.2 Å². The van der Waals surface area contributed by atoms with Gasteiger partial charge in [0.25, 0.3) is 0 Å². The second-order valence-corrected chi connectivity index (χ2v) is 6.38. The average molecular weight is 386 g/mol. The van der Waals surface area contributed by atoms with Gasteiger partial charge in [-0.05, 0) is 5.56 Å². The van der Waals surface area contributed by atoms with Gasteiger partial charge in [-0.25, -0.2) is 20.0 Å². The third-order valence-corrected chi connectivity index (χ3v) is 4.65. The third-order valence-electron chi connectivity index (χ3n) is 4.65. The van der Waals surface area contributed by atoms with Gasteiger partial charge in [0, 0.05) is 0 Å². The lowest BCUT2D eigenvalue weighted by Gasteiger charge is -2.17. The molecule has 4 unspecified atom stereocenters. The van der Waals surface area contributed by atoms with Crippen LogP contribution in [0.2, 0.25) is 0 Å². The molecule has 3 heterocycles. The van der Waals surface area contributed by atoms with Crippen LogP contribution in [0.1, 0.15) is 11.8 Å². The molecule has 1 aliphatic heterocycles. The van der Waals surface area contributed by atoms with Crippen molar-refractivity contribution >= 4 is 17.0 Å². The van der Waals surface area contributed by atoms with Gasteiger partial charge in [-0.3, -0.25) is 4.57 Å². The molecular formula is C17H18N6O5. The Balaban J connectivity index is 1.70. The van der Waals surface area contributed by atoms with E-state index < -0.39 is 31.1 Å². The molecule has 0 amide bonds. The number of ether oxygens (including phenoxy) is 1. The first-order chi connectivity index (χ1) is 13.6. The van der Waals surface area contributed by atoms with Crippen molar-refractivity contribution in [3.05, 3.63) is 53.5 Å². The van der Waals surface area contributed by atoms with E-state index in [2.05, 4.69) is 20.2 Å². The molecule has 11 heteroatoms. The highest BCUT2D eigenvalue weighted by Gasteiger charge is 2.44. The van der Waals surface area contributed by atoms with Gasteiger partial charge in [0.2, 0.25) is 0 Å². The normalized spacial score (nSPS) is 24.5. The Morgan fingerprint density at radius 2 is 1.93 bits per heavy atom. The first kappa shape index (κ1) is 18.4. The summed E-state index contributed by atoms with van der Waals surface area (Å²) in [6, 6.07) is 9.28. The minimum Gasteiger partial charge on any atom is -0.394 e. The van der Waals surface area contributed by atoms with Crippen molar-refractivity contribution in [1.82, 2.24) is 19.5 Å². The Morgan fingerprint density at radius 3 is 2.61 bits per heavy atom. The van der Waals surface area contributed by atoms with Crippen LogP contribution in [-0.4, -0.2) is 59.8 Å². The maximum atomic E-state index is 11.4. The molecule has 1 aliphatic rings. The van der Waals surface area contributed by atoms with Gasteiger partial charge in [0.05, 0.1) is 24.8 Å². The van der Waals surface area contributed by atoms with Crippen LogP contribution in [0.3, 0.4) is 0 Å². The number of rotatable bonds is 6. The van der Waals surface area contributed by atoms with Gasteiger partial charge >= 0.3 is 0 Å². The van der Waals surface area contributed by atoms with E-state index >= 15 is 0 Å². The maximum Gasteiger partial charge on any atom is 0.183 e. The highest BCUT2D eigenvalue weighted by atomic mass is 16.6. The number of benzene rings is 1. The first-order valence-electron chi connectivity index (χ1n) is 8.58. The predicted molar refractivity (Wildman–Crippen MR) is 96.8 cm³/mol. The Kier molecular flexibility index (Phi) is 4.96. The molecule has 4 rings (SSSR count). The molecule has 146 valence electrons. The van der Waals surface area contributed by atoms with Crippen LogP contribution in [0.25, 0.3) is 11.2 Å². The van der Waals surface area contributed by atoms with Crippen LogP contribution < -0.4 is 5.01 Å². The average Bonchev–Trinajstić information content (AvgIpc) is 3.28. The molecule has 4 atom stereocenters. The second kappa shape index (κ2) is 7.56. The summed E-state index contributed by atoms with van der Waals surface area (Å²) in [5.41, 5.74) is 1.44. The quantitative estimate of drug-likeness (QED) is 0.397. The number of aromatic nitrogens is 4. The Hall–Kier alpha value is -2.99. The number of nitrogens with zero attached hydrogens (tertiary/aromatic N) is 6. The lowest BCUT2D eigenvalue weighted by molar-refractivity contribution is -0.0511. The maximum absolute atomic E-state index is 11.4. The van der Waals surface area contributed by atoms with E-state index in [-0.39, 0.29) is 17.9 Å². The predicted octanol–water partition coefficient (Wildman–Crippen LogP) is 0.126. The molecule has 2 aromatic heterocycles. The van der Waals surface area contributed by atoms with E-state index in [0.29, 0.717) is 5.65 Å². The summed E-state index contributed by atoms with van der Waals surface area (Å²) in [6.45, 7) is -0.251. The zero-order valence-electron chi connectivity index (χ0n) is 14.6. The first-order valence-corrected chi connectivity index (χ1v) is 8.58. The smallest absolute Gasteiger partial charge is 0.183 e. The molecule has 1 saturated heterocycles. The number of imidazole rings is 1. The Bertz CT molecular complexity index is 967. The van der Waals surface area contributed by atoms with Crippen LogP contribution >= 0.6 is 0 Å². The van der Waals surface area contributed by atoms with Crippen molar-refractivity contribution in [3.63, 3.8) is 0 Å². The number of hydrogen-bond acceptors (Lipinski definition) is 9. The second-order valence-electron chi connectivity index (χ2n) is 6.38. The minimum absolute atomic E-state index is 0.192. The van der Waals surface area contributed by atoms with Crippen LogP contribution in [0.4, 0.5) is 5.82 Å². The van der Waals surface area contributed by atoms with Crippen LogP contribution in [0.5, 0.6) is 0 Å². The summed E-state index contributed by atoms with van der Waals surface area (Å²) < 4.78 is 6.95. The van der Waals surface area contributed by atoms with Crippen LogP contribution in [0.15, 0.2) is 48.3 Å². The largest absolute Gasteiger partial charge is 0.394 e. The summed E-state index contributed by atoms with van der Waals surface area (Å²) in [5, 5.41) is 33.7. The van der Waals surface area contributed by atoms with Crippen molar-refractivity contribution in [2.24, 2.45) is 5.29 Å². The Labute approximate surface area is 158 Å². The van der Waals surface area contributed by atoms with Gasteiger partial charge in [-0.2, -0.15) is 0 Å². The fraction of sp³-hybridized carbons (Fsp3) is 0.353. The van der Waals surface area contributed by atoms with Gasteiger partial charge in [0.15, 0.2) is 23.2 Å². The summed E-state index contributed by atoms with van der Waals surface area (Å²) in [5.74, 6) is 0.203. The monoisotopic (exact) mass is 386 g/mol. The van der Waals surface area contributed by atoms with E-state index in [4.69, 9.17) is 4.74 Å². The highest BCUT2D eigenvalue weighted by molar-refractivity contribution is 5.83. The van der Waals surface area contributed by atoms with Crippen molar-refractivity contribution in [2.75, 3.05) is 11.6 Å². The van der Waals surface area contributed by atoms with Gasteiger partial charge in [-0.1, -0.05) is 30.3 Å². The van der Waals surface area contributed by atoms with E-state index in [1.54, 1.807) is 0 Å². The molecule has 0 radical (unpaired) electrons. The van der Waals surface area contributed by atoms with E-state index in [1.807, 2.05) is 30.3 Å². The van der Waals surface area contributed by atoms with Gasteiger partial charge < -0.3 is 20.1 Å². The minimum atomic E-state index is -1.28. The fourth-order valence-corrected chi connectivity index (χ4v) is 3.22. The van der Waals surface area contributed by atoms with E-state index in [1.165, 1.54) is 17.2 Å². The Morgan fingerprint density at radius 1 is 1.14 bits per heavy atom. The molecule has 1 aromatic carbocycles. The van der Waals surface area contributed by atoms with Crippen molar-refractivity contribution in [1.29, 1.82) is 0 Å². The van der Waals surface area contributed by atoms with Gasteiger partial charge in [0.1, 0.15) is 24.6 Å². The van der Waals surface area contributed by atoms with Crippen molar-refractivity contribution in [3.8, 4) is 0 Å². The number of anilines is 1. The molecule has 0 saturated carbocycles. The molecule has 0 spiro atoms.